The Bertz CT molecular complexity index is 1450. The van der Waals surface area contributed by atoms with Gasteiger partial charge in [0.15, 0.2) is 18.9 Å². The van der Waals surface area contributed by atoms with Gasteiger partial charge < -0.3 is 59.1 Å². The maximum atomic E-state index is 11.3. The van der Waals surface area contributed by atoms with Crippen LogP contribution < -0.4 is 0 Å². The number of fused-ring (bicyclic) bond motifs is 5. The summed E-state index contributed by atoms with van der Waals surface area (Å²) >= 11 is 0. The average molecular weight is 779 g/mol. The third-order valence-corrected chi connectivity index (χ3v) is 16.5. The molecule has 3 aliphatic heterocycles. The van der Waals surface area contributed by atoms with E-state index >= 15 is 0 Å². The molecule has 0 aromatic heterocycles. The fourth-order valence-electron chi connectivity index (χ4n) is 13.2. The van der Waals surface area contributed by atoms with Gasteiger partial charge in [0.1, 0.15) is 42.7 Å². The SMILES string of the molecule is CO[C@@H]1O[C@H](C=C(C)C)C[C@H]1[C@@H]1CC[C@]2(C)C3=CC[C@H]4C(C)(C)[C@@H](O[C@@H]5O[C@H](CO)[C@@H](O)[C@H](O)[C@H]5O[C@@H]5O[C@@H](C)[C@H](O)[C@@H](O)[C@H]5O)CC[C@]4(C)[C@@H]3CC[C@@]12C. The van der Waals surface area contributed by atoms with Crippen LogP contribution in [0.25, 0.3) is 0 Å². The molecule has 6 N–H and O–H groups in total. The van der Waals surface area contributed by atoms with E-state index in [1.165, 1.54) is 18.4 Å². The van der Waals surface area contributed by atoms with E-state index in [-0.39, 0.29) is 46.1 Å². The highest BCUT2D eigenvalue weighted by molar-refractivity contribution is 5.33. The zero-order valence-corrected chi connectivity index (χ0v) is 34.5. The molecule has 6 fully saturated rings. The summed E-state index contributed by atoms with van der Waals surface area (Å²) in [5.74, 6) is 1.62. The third kappa shape index (κ3) is 6.74. The number of allylic oxidation sites excluding steroid dienone is 3. The van der Waals surface area contributed by atoms with Crippen LogP contribution >= 0.6 is 0 Å². The van der Waals surface area contributed by atoms with E-state index < -0.39 is 68.0 Å². The van der Waals surface area contributed by atoms with Gasteiger partial charge in [-0.3, -0.25) is 0 Å². The molecule has 20 atom stereocenters. The first-order chi connectivity index (χ1) is 25.8. The van der Waals surface area contributed by atoms with Gasteiger partial charge in [0.2, 0.25) is 0 Å². The molecule has 7 aliphatic rings. The summed E-state index contributed by atoms with van der Waals surface area (Å²) in [4.78, 5) is 0. The molecule has 0 spiro atoms. The van der Waals surface area contributed by atoms with Crippen LogP contribution in [0.3, 0.4) is 0 Å². The van der Waals surface area contributed by atoms with Crippen molar-refractivity contribution < 1.29 is 59.1 Å². The highest BCUT2D eigenvalue weighted by Gasteiger charge is 2.67. The predicted octanol–water partition coefficient (Wildman–Crippen LogP) is 3.97. The summed E-state index contributed by atoms with van der Waals surface area (Å²) in [6.45, 7) is 17.4. The molecule has 0 unspecified atom stereocenters. The van der Waals surface area contributed by atoms with Crippen molar-refractivity contribution in [3.8, 4) is 0 Å². The number of methoxy groups -OCH3 is 1. The second-order valence-electron chi connectivity index (χ2n) is 19.8. The van der Waals surface area contributed by atoms with E-state index in [9.17, 15) is 30.6 Å². The molecule has 0 aromatic carbocycles. The highest BCUT2D eigenvalue weighted by atomic mass is 16.8. The normalized spacial score (nSPS) is 53.5. The second-order valence-corrected chi connectivity index (χ2v) is 19.8. The van der Waals surface area contributed by atoms with Gasteiger partial charge in [0.05, 0.1) is 24.9 Å². The van der Waals surface area contributed by atoms with Crippen LogP contribution in [0.15, 0.2) is 23.3 Å². The van der Waals surface area contributed by atoms with Gasteiger partial charge in [-0.15, -0.1) is 0 Å². The fraction of sp³-hybridized carbons (Fsp3) is 0.907. The minimum atomic E-state index is -1.62. The van der Waals surface area contributed by atoms with E-state index in [2.05, 4.69) is 60.6 Å². The molecule has 12 heteroatoms. The lowest BCUT2D eigenvalue weighted by Gasteiger charge is -2.65. The zero-order valence-electron chi connectivity index (χ0n) is 34.5. The molecule has 7 rings (SSSR count). The maximum absolute atomic E-state index is 11.3. The lowest BCUT2D eigenvalue weighted by atomic mass is 9.41. The van der Waals surface area contributed by atoms with Crippen molar-refractivity contribution in [3.63, 3.8) is 0 Å². The smallest absolute Gasteiger partial charge is 0.187 e. The van der Waals surface area contributed by atoms with Crippen molar-refractivity contribution in [2.75, 3.05) is 13.7 Å². The van der Waals surface area contributed by atoms with Gasteiger partial charge in [0, 0.05) is 13.0 Å². The Morgan fingerprint density at radius 1 is 0.818 bits per heavy atom. The van der Waals surface area contributed by atoms with Crippen molar-refractivity contribution >= 4 is 0 Å². The summed E-state index contributed by atoms with van der Waals surface area (Å²) in [7, 11) is 1.79. The predicted molar refractivity (Wildman–Crippen MR) is 202 cm³/mol. The van der Waals surface area contributed by atoms with Crippen LogP contribution in [0.1, 0.15) is 107 Å². The molecule has 4 aliphatic carbocycles. The maximum Gasteiger partial charge on any atom is 0.187 e. The summed E-state index contributed by atoms with van der Waals surface area (Å²) in [5.41, 5.74) is 2.85. The first-order valence-electron chi connectivity index (χ1n) is 21.0. The van der Waals surface area contributed by atoms with Gasteiger partial charge in [-0.25, -0.2) is 0 Å². The molecule has 0 radical (unpaired) electrons. The van der Waals surface area contributed by atoms with Crippen LogP contribution in [0, 0.1) is 45.3 Å². The minimum Gasteiger partial charge on any atom is -0.394 e. The summed E-state index contributed by atoms with van der Waals surface area (Å²) < 4.78 is 37.1. The zero-order chi connectivity index (χ0) is 40.0. The standard InChI is InChI=1S/C43H70O12/c1-21(2)18-23-19-24(37(50-9)52-23)25-12-16-43(8)27-10-11-29-40(4,5)30(14-15-41(29,6)26(27)13-17-42(25,43)7)54-39-36(34(48)32(46)28(20-44)53-39)55-38-35(49)33(47)31(45)22(3)51-38/h10,18,22-26,28-39,44-49H,11-17,19-20H2,1-9H3/t22-,23+,24-,25-,26+,28+,29-,30-,31-,32+,33+,34-,35+,36+,37+,38-,39-,41+,42-,43+/m0/s1. The number of rotatable bonds is 8. The number of ether oxygens (including phenoxy) is 6. The van der Waals surface area contributed by atoms with Gasteiger partial charge >= 0.3 is 0 Å². The molecular formula is C43H70O12. The van der Waals surface area contributed by atoms with Gasteiger partial charge in [-0.2, -0.15) is 0 Å². The van der Waals surface area contributed by atoms with E-state index in [1.54, 1.807) is 19.6 Å². The molecule has 55 heavy (non-hydrogen) atoms. The van der Waals surface area contributed by atoms with Crippen molar-refractivity contribution in [1.29, 1.82) is 0 Å². The third-order valence-electron chi connectivity index (χ3n) is 16.5. The Hall–Kier alpha value is -1.00. The summed E-state index contributed by atoms with van der Waals surface area (Å²) in [5, 5.41) is 63.6. The number of aliphatic hydroxyl groups is 6. The molecule has 3 saturated heterocycles. The van der Waals surface area contributed by atoms with Crippen LogP contribution in [0.4, 0.5) is 0 Å². The van der Waals surface area contributed by atoms with E-state index in [0.717, 1.165) is 38.5 Å². The topological polar surface area (TPSA) is 177 Å². The van der Waals surface area contributed by atoms with Crippen molar-refractivity contribution in [1.82, 2.24) is 0 Å². The number of hydrogen-bond acceptors (Lipinski definition) is 12. The highest BCUT2D eigenvalue weighted by Crippen LogP contribution is 2.74. The average Bonchev–Trinajstić information content (AvgIpc) is 3.66. The summed E-state index contributed by atoms with van der Waals surface area (Å²) in [6.07, 6.45) is -0.821. The largest absolute Gasteiger partial charge is 0.394 e. The molecule has 0 aromatic rings. The van der Waals surface area contributed by atoms with Gasteiger partial charge in [-0.1, -0.05) is 57.9 Å². The van der Waals surface area contributed by atoms with Crippen LogP contribution in [0.5, 0.6) is 0 Å². The Balaban J connectivity index is 1.11. The number of aliphatic hydroxyl groups excluding tert-OH is 6. The molecule has 3 heterocycles. The fourth-order valence-corrected chi connectivity index (χ4v) is 13.2. The Labute approximate surface area is 327 Å². The van der Waals surface area contributed by atoms with Crippen molar-refractivity contribution in [3.05, 3.63) is 23.3 Å². The van der Waals surface area contributed by atoms with Crippen LogP contribution in [-0.2, 0) is 28.4 Å². The van der Waals surface area contributed by atoms with E-state index in [4.69, 9.17) is 28.4 Å². The lowest BCUT2D eigenvalue weighted by Crippen LogP contribution is -2.65. The van der Waals surface area contributed by atoms with Gasteiger partial charge in [0.25, 0.3) is 0 Å². The van der Waals surface area contributed by atoms with E-state index in [0.29, 0.717) is 17.8 Å². The van der Waals surface area contributed by atoms with Crippen molar-refractivity contribution in [2.45, 2.75) is 187 Å². The number of hydrogen-bond donors (Lipinski definition) is 6. The van der Waals surface area contributed by atoms with Crippen molar-refractivity contribution in [2.24, 2.45) is 45.3 Å². The lowest BCUT2D eigenvalue weighted by molar-refractivity contribution is -0.375. The minimum absolute atomic E-state index is 0.0375. The quantitative estimate of drug-likeness (QED) is 0.196. The summed E-state index contributed by atoms with van der Waals surface area (Å²) in [6, 6.07) is 0. The molecule has 0 bridgehead atoms. The molecule has 314 valence electrons. The Kier molecular flexibility index (Phi) is 11.7. The first-order valence-corrected chi connectivity index (χ1v) is 21.0. The Morgan fingerprint density at radius 3 is 2.22 bits per heavy atom. The molecule has 3 saturated carbocycles. The van der Waals surface area contributed by atoms with Crippen LogP contribution in [-0.4, -0.2) is 124 Å². The first kappa shape index (κ1) is 42.1. The van der Waals surface area contributed by atoms with E-state index in [1.807, 2.05) is 0 Å². The Morgan fingerprint density at radius 2 is 1.55 bits per heavy atom. The monoisotopic (exact) mass is 778 g/mol. The van der Waals surface area contributed by atoms with Crippen LogP contribution in [0.2, 0.25) is 0 Å². The molecule has 12 nitrogen and oxygen atoms in total. The molecule has 0 amide bonds. The second kappa shape index (κ2) is 15.2. The molecular weight excluding hydrogens is 708 g/mol. The van der Waals surface area contributed by atoms with Gasteiger partial charge in [-0.05, 0) is 112 Å².